The number of hydrogen-bond acceptors (Lipinski definition) is 3. The highest BCUT2D eigenvalue weighted by Gasteiger charge is 2.34. The van der Waals surface area contributed by atoms with Crippen LogP contribution in [0.25, 0.3) is 5.69 Å². The summed E-state index contributed by atoms with van der Waals surface area (Å²) in [6, 6.07) is 2.23. The lowest BCUT2D eigenvalue weighted by molar-refractivity contribution is -0.138. The van der Waals surface area contributed by atoms with Crippen LogP contribution in [0.4, 0.5) is 17.6 Å². The quantitative estimate of drug-likeness (QED) is 0.623. The molecule has 0 fully saturated rings. The molecule has 24 heavy (non-hydrogen) atoms. The van der Waals surface area contributed by atoms with Crippen molar-refractivity contribution in [3.05, 3.63) is 50.7 Å². The number of halogens is 5. The van der Waals surface area contributed by atoms with E-state index in [-0.39, 0.29) is 17.4 Å². The summed E-state index contributed by atoms with van der Waals surface area (Å²) in [4.78, 5) is 11.9. The van der Waals surface area contributed by atoms with Gasteiger partial charge < -0.3 is 4.74 Å². The largest absolute Gasteiger partial charge is 0.479 e. The van der Waals surface area contributed by atoms with Crippen LogP contribution in [0.5, 0.6) is 5.75 Å². The van der Waals surface area contributed by atoms with Gasteiger partial charge in [-0.25, -0.2) is 4.39 Å². The van der Waals surface area contributed by atoms with Crippen LogP contribution in [0.15, 0.2) is 23.0 Å². The summed E-state index contributed by atoms with van der Waals surface area (Å²) in [6.45, 7) is 0.890. The van der Waals surface area contributed by atoms with Crippen LogP contribution in [0, 0.1) is 25.1 Å². The minimum absolute atomic E-state index is 0.0303. The second-order valence-corrected chi connectivity index (χ2v) is 5.03. The molecule has 9 heteroatoms. The number of rotatable bonds is 3. The maximum Gasteiger partial charge on any atom is 0.418 e. The van der Waals surface area contributed by atoms with E-state index in [1.54, 1.807) is 0 Å². The molecule has 0 radical (unpaired) electrons. The third kappa shape index (κ3) is 3.51. The minimum atomic E-state index is -4.74. The predicted octanol–water partition coefficient (Wildman–Crippen LogP) is 3.36. The fraction of sp³-hybridized carbons (Fsp3) is 0.200. The third-order valence-electron chi connectivity index (χ3n) is 2.96. The van der Waals surface area contributed by atoms with Gasteiger partial charge in [-0.05, 0) is 13.0 Å². The van der Waals surface area contributed by atoms with E-state index in [1.807, 2.05) is 0 Å². The van der Waals surface area contributed by atoms with E-state index >= 15 is 0 Å². The zero-order valence-electron chi connectivity index (χ0n) is 12.1. The van der Waals surface area contributed by atoms with Crippen molar-refractivity contribution in [2.45, 2.75) is 13.1 Å². The summed E-state index contributed by atoms with van der Waals surface area (Å²) in [5, 5.41) is 3.42. The maximum atomic E-state index is 14.1. The van der Waals surface area contributed by atoms with Crippen LogP contribution >= 0.6 is 11.6 Å². The van der Waals surface area contributed by atoms with E-state index in [9.17, 15) is 22.4 Å². The topological polar surface area (TPSA) is 44.1 Å². The van der Waals surface area contributed by atoms with Crippen molar-refractivity contribution in [1.29, 1.82) is 0 Å². The van der Waals surface area contributed by atoms with E-state index < -0.39 is 34.5 Å². The second-order valence-electron chi connectivity index (χ2n) is 4.62. The van der Waals surface area contributed by atoms with Crippen molar-refractivity contribution < 1.29 is 22.3 Å². The molecule has 0 aliphatic heterocycles. The summed E-state index contributed by atoms with van der Waals surface area (Å²) >= 11 is 5.79. The fourth-order valence-electron chi connectivity index (χ4n) is 1.91. The summed E-state index contributed by atoms with van der Waals surface area (Å²) in [5.41, 5.74) is -3.24. The lowest BCUT2D eigenvalue weighted by atomic mass is 10.2. The normalized spacial score (nSPS) is 11.2. The molecule has 0 amide bonds. The smallest absolute Gasteiger partial charge is 0.418 e. The first kappa shape index (κ1) is 17.8. The number of nitrogens with zero attached hydrogens (tertiary/aromatic N) is 2. The first-order valence-electron chi connectivity index (χ1n) is 6.39. The monoisotopic (exact) mass is 360 g/mol. The highest BCUT2D eigenvalue weighted by Crippen LogP contribution is 2.31. The van der Waals surface area contributed by atoms with E-state index in [4.69, 9.17) is 22.8 Å². The Morgan fingerprint density at radius 2 is 2.04 bits per heavy atom. The van der Waals surface area contributed by atoms with E-state index in [0.29, 0.717) is 10.7 Å². The standard InChI is InChI=1S/C15H9ClF4N2O2/c1-3-4-24-13-7-12(11(17)6-10(13)16)22-14(23)5-9(8(2)21-22)15(18,19)20/h1,5-7H,4H2,2H3. The van der Waals surface area contributed by atoms with Gasteiger partial charge in [0.15, 0.2) is 5.82 Å². The zero-order chi connectivity index (χ0) is 18.1. The number of aromatic nitrogens is 2. The molecular formula is C15H9ClF4N2O2. The van der Waals surface area contributed by atoms with Gasteiger partial charge in [0.2, 0.25) is 0 Å². The zero-order valence-corrected chi connectivity index (χ0v) is 12.9. The fourth-order valence-corrected chi connectivity index (χ4v) is 2.12. The van der Waals surface area contributed by atoms with Crippen molar-refractivity contribution in [3.63, 3.8) is 0 Å². The first-order chi connectivity index (χ1) is 11.1. The Labute approximate surface area is 138 Å². The van der Waals surface area contributed by atoms with Crippen molar-refractivity contribution in [2.24, 2.45) is 0 Å². The Morgan fingerprint density at radius 3 is 2.62 bits per heavy atom. The van der Waals surface area contributed by atoms with Gasteiger partial charge in [-0.15, -0.1) is 6.42 Å². The number of benzene rings is 1. The molecule has 0 bridgehead atoms. The van der Waals surface area contributed by atoms with Crippen LogP contribution in [0.3, 0.4) is 0 Å². The van der Waals surface area contributed by atoms with E-state index in [1.165, 1.54) is 0 Å². The molecule has 2 aromatic rings. The molecule has 0 aliphatic carbocycles. The molecule has 2 rings (SSSR count). The Morgan fingerprint density at radius 1 is 1.38 bits per heavy atom. The Kier molecular flexibility index (Phi) is 4.85. The van der Waals surface area contributed by atoms with Crippen molar-refractivity contribution in [2.75, 3.05) is 6.61 Å². The van der Waals surface area contributed by atoms with Crippen LogP contribution in [-0.4, -0.2) is 16.4 Å². The van der Waals surface area contributed by atoms with Crippen LogP contribution in [0.1, 0.15) is 11.3 Å². The molecule has 0 aliphatic rings. The van der Waals surface area contributed by atoms with E-state index in [2.05, 4.69) is 11.0 Å². The summed E-state index contributed by atoms with van der Waals surface area (Å²) < 4.78 is 58.0. The highest BCUT2D eigenvalue weighted by molar-refractivity contribution is 6.32. The maximum absolute atomic E-state index is 14.1. The van der Waals surface area contributed by atoms with Gasteiger partial charge in [-0.1, -0.05) is 17.5 Å². The van der Waals surface area contributed by atoms with Gasteiger partial charge in [0.25, 0.3) is 5.56 Å². The Hall–Kier alpha value is -2.53. The average molecular weight is 361 g/mol. The highest BCUT2D eigenvalue weighted by atomic mass is 35.5. The minimum Gasteiger partial charge on any atom is -0.479 e. The summed E-state index contributed by atoms with van der Waals surface area (Å²) in [6.07, 6.45) is 0.299. The molecule has 0 atom stereocenters. The number of aryl methyl sites for hydroxylation is 1. The Bertz CT molecular complexity index is 885. The van der Waals surface area contributed by atoms with Gasteiger partial charge >= 0.3 is 6.18 Å². The molecule has 1 aromatic heterocycles. The van der Waals surface area contributed by atoms with Crippen molar-refractivity contribution >= 4 is 11.6 Å². The van der Waals surface area contributed by atoms with Crippen LogP contribution < -0.4 is 10.3 Å². The summed E-state index contributed by atoms with van der Waals surface area (Å²) in [5.74, 6) is 1.19. The number of hydrogen-bond donors (Lipinski definition) is 0. The SMILES string of the molecule is C#CCOc1cc(-n2nc(C)c(C(F)(F)F)cc2=O)c(F)cc1Cl. The molecule has 0 saturated heterocycles. The Balaban J connectivity index is 2.63. The van der Waals surface area contributed by atoms with Gasteiger partial charge in [0.1, 0.15) is 18.0 Å². The number of alkyl halides is 3. The van der Waals surface area contributed by atoms with E-state index in [0.717, 1.165) is 19.1 Å². The van der Waals surface area contributed by atoms with Gasteiger partial charge in [0, 0.05) is 12.1 Å². The molecule has 0 spiro atoms. The predicted molar refractivity (Wildman–Crippen MR) is 78.9 cm³/mol. The second kappa shape index (κ2) is 6.53. The van der Waals surface area contributed by atoms with Crippen LogP contribution in [0.2, 0.25) is 5.02 Å². The lowest BCUT2D eigenvalue weighted by Gasteiger charge is -2.13. The van der Waals surface area contributed by atoms with Crippen LogP contribution in [-0.2, 0) is 6.18 Å². The third-order valence-corrected chi connectivity index (χ3v) is 3.26. The molecular weight excluding hydrogens is 352 g/mol. The summed E-state index contributed by atoms with van der Waals surface area (Å²) in [7, 11) is 0. The van der Waals surface area contributed by atoms with Crippen molar-refractivity contribution in [1.82, 2.24) is 9.78 Å². The first-order valence-corrected chi connectivity index (χ1v) is 6.76. The molecule has 4 nitrogen and oxygen atoms in total. The molecule has 1 heterocycles. The molecule has 126 valence electrons. The number of ether oxygens (including phenoxy) is 1. The van der Waals surface area contributed by atoms with Crippen molar-refractivity contribution in [3.8, 4) is 23.8 Å². The molecule has 1 aromatic carbocycles. The van der Waals surface area contributed by atoms with Gasteiger partial charge in [-0.2, -0.15) is 23.0 Å². The molecule has 0 N–H and O–H groups in total. The molecule has 0 unspecified atom stereocenters. The molecule has 0 saturated carbocycles. The lowest BCUT2D eigenvalue weighted by Crippen LogP contribution is -2.26. The van der Waals surface area contributed by atoms with Gasteiger partial charge in [0.05, 0.1) is 16.3 Å². The van der Waals surface area contributed by atoms with Gasteiger partial charge in [-0.3, -0.25) is 4.79 Å². The average Bonchev–Trinajstić information content (AvgIpc) is 2.47. The number of terminal acetylenes is 1.